The zero-order valence-electron chi connectivity index (χ0n) is 9.50. The molecule has 0 aliphatic carbocycles. The number of amides is 1. The summed E-state index contributed by atoms with van der Waals surface area (Å²) in [6.07, 6.45) is -0.549. The first-order valence-corrected chi connectivity index (χ1v) is 5.26. The number of para-hydroxylation sites is 1. The van der Waals surface area contributed by atoms with E-state index in [0.29, 0.717) is 10.7 Å². The van der Waals surface area contributed by atoms with Crippen molar-refractivity contribution in [2.75, 3.05) is 5.43 Å². The molecule has 0 spiro atoms. The SMILES string of the molecule is CC(C)(C)OC(=O)NNc1ccccc1Cl. The number of hydrogen-bond acceptors (Lipinski definition) is 3. The third-order valence-electron chi connectivity index (χ3n) is 1.57. The average molecular weight is 243 g/mol. The van der Waals surface area contributed by atoms with Gasteiger partial charge in [0.15, 0.2) is 0 Å². The van der Waals surface area contributed by atoms with E-state index in [-0.39, 0.29) is 0 Å². The number of carbonyl (C=O) groups excluding carboxylic acids is 1. The van der Waals surface area contributed by atoms with Crippen molar-refractivity contribution in [1.29, 1.82) is 0 Å². The molecule has 0 saturated heterocycles. The van der Waals surface area contributed by atoms with Crippen LogP contribution in [0, 0.1) is 0 Å². The van der Waals surface area contributed by atoms with Crippen molar-refractivity contribution in [3.05, 3.63) is 29.3 Å². The Bertz CT molecular complexity index is 374. The van der Waals surface area contributed by atoms with E-state index in [1.807, 2.05) is 6.07 Å². The Morgan fingerprint density at radius 1 is 1.31 bits per heavy atom. The molecule has 0 heterocycles. The number of rotatable bonds is 2. The molecule has 88 valence electrons. The van der Waals surface area contributed by atoms with Crippen LogP contribution in [0.5, 0.6) is 0 Å². The summed E-state index contributed by atoms with van der Waals surface area (Å²) in [6, 6.07) is 7.09. The van der Waals surface area contributed by atoms with Gasteiger partial charge in [0.1, 0.15) is 5.60 Å². The van der Waals surface area contributed by atoms with Gasteiger partial charge in [-0.1, -0.05) is 23.7 Å². The van der Waals surface area contributed by atoms with E-state index < -0.39 is 11.7 Å². The van der Waals surface area contributed by atoms with Crippen molar-refractivity contribution in [1.82, 2.24) is 5.43 Å². The highest BCUT2D eigenvalue weighted by Gasteiger charge is 2.15. The highest BCUT2D eigenvalue weighted by molar-refractivity contribution is 6.33. The molecule has 0 bridgehead atoms. The van der Waals surface area contributed by atoms with Gasteiger partial charge in [-0.05, 0) is 32.9 Å². The van der Waals surface area contributed by atoms with Crippen LogP contribution in [-0.2, 0) is 4.74 Å². The molecular weight excluding hydrogens is 228 g/mol. The molecule has 0 radical (unpaired) electrons. The Kier molecular flexibility index (Phi) is 4.01. The molecule has 0 aromatic heterocycles. The molecule has 1 rings (SSSR count). The van der Waals surface area contributed by atoms with Gasteiger partial charge in [0, 0.05) is 0 Å². The van der Waals surface area contributed by atoms with E-state index in [1.54, 1.807) is 39.0 Å². The van der Waals surface area contributed by atoms with E-state index in [9.17, 15) is 4.79 Å². The molecule has 0 atom stereocenters. The van der Waals surface area contributed by atoms with Crippen molar-refractivity contribution in [2.45, 2.75) is 26.4 Å². The first kappa shape index (κ1) is 12.6. The van der Waals surface area contributed by atoms with E-state index >= 15 is 0 Å². The van der Waals surface area contributed by atoms with Crippen molar-refractivity contribution in [2.24, 2.45) is 0 Å². The van der Waals surface area contributed by atoms with Crippen LogP contribution >= 0.6 is 11.6 Å². The normalized spacial score (nSPS) is 10.8. The lowest BCUT2D eigenvalue weighted by Gasteiger charge is -2.20. The molecule has 0 fully saturated rings. The van der Waals surface area contributed by atoms with E-state index in [1.165, 1.54) is 0 Å². The van der Waals surface area contributed by atoms with Crippen LogP contribution in [0.1, 0.15) is 20.8 Å². The van der Waals surface area contributed by atoms with Crippen LogP contribution in [-0.4, -0.2) is 11.7 Å². The fourth-order valence-corrected chi connectivity index (χ4v) is 1.17. The van der Waals surface area contributed by atoms with Gasteiger partial charge in [-0.2, -0.15) is 0 Å². The number of benzene rings is 1. The summed E-state index contributed by atoms with van der Waals surface area (Å²) >= 11 is 5.89. The van der Waals surface area contributed by atoms with E-state index in [0.717, 1.165) is 0 Å². The van der Waals surface area contributed by atoms with Crippen molar-refractivity contribution in [3.8, 4) is 0 Å². The summed E-state index contributed by atoms with van der Waals surface area (Å²) in [6.45, 7) is 5.38. The van der Waals surface area contributed by atoms with Crippen LogP contribution in [0.4, 0.5) is 10.5 Å². The molecular formula is C11H15ClN2O2. The van der Waals surface area contributed by atoms with Gasteiger partial charge in [0.05, 0.1) is 10.7 Å². The Labute approximate surface area is 99.9 Å². The first-order valence-electron chi connectivity index (χ1n) is 4.88. The second-order valence-corrected chi connectivity index (χ2v) is 4.64. The number of carbonyl (C=O) groups is 1. The maximum Gasteiger partial charge on any atom is 0.426 e. The van der Waals surface area contributed by atoms with Crippen LogP contribution < -0.4 is 10.9 Å². The second-order valence-electron chi connectivity index (χ2n) is 4.23. The third kappa shape index (κ3) is 4.40. The molecule has 4 nitrogen and oxygen atoms in total. The summed E-state index contributed by atoms with van der Waals surface area (Å²) in [4.78, 5) is 11.3. The molecule has 1 amide bonds. The molecule has 0 saturated carbocycles. The largest absolute Gasteiger partial charge is 0.443 e. The van der Waals surface area contributed by atoms with Gasteiger partial charge in [-0.3, -0.25) is 5.43 Å². The number of hydrazine groups is 1. The minimum Gasteiger partial charge on any atom is -0.443 e. The molecule has 1 aromatic carbocycles. The number of hydrogen-bond donors (Lipinski definition) is 2. The van der Waals surface area contributed by atoms with Gasteiger partial charge in [0.2, 0.25) is 0 Å². The molecule has 1 aromatic rings. The maximum atomic E-state index is 11.3. The Morgan fingerprint density at radius 2 is 1.94 bits per heavy atom. The van der Waals surface area contributed by atoms with Crippen molar-refractivity contribution in [3.63, 3.8) is 0 Å². The van der Waals surface area contributed by atoms with Crippen molar-refractivity contribution < 1.29 is 9.53 Å². The van der Waals surface area contributed by atoms with Crippen LogP contribution in [0.3, 0.4) is 0 Å². The summed E-state index contributed by atoms with van der Waals surface area (Å²) in [7, 11) is 0. The quantitative estimate of drug-likeness (QED) is 0.783. The minimum atomic E-state index is -0.549. The van der Waals surface area contributed by atoms with Gasteiger partial charge in [-0.15, -0.1) is 0 Å². The zero-order valence-corrected chi connectivity index (χ0v) is 10.3. The van der Waals surface area contributed by atoms with Crippen molar-refractivity contribution >= 4 is 23.4 Å². The predicted molar refractivity (Wildman–Crippen MR) is 64.4 cm³/mol. The van der Waals surface area contributed by atoms with E-state index in [4.69, 9.17) is 16.3 Å². The fourth-order valence-electron chi connectivity index (χ4n) is 0.985. The second kappa shape index (κ2) is 5.07. The van der Waals surface area contributed by atoms with Gasteiger partial charge in [0.25, 0.3) is 0 Å². The Hall–Kier alpha value is -1.42. The smallest absolute Gasteiger partial charge is 0.426 e. The summed E-state index contributed by atoms with van der Waals surface area (Å²) in [5.41, 5.74) is 5.18. The van der Waals surface area contributed by atoms with Gasteiger partial charge in [-0.25, -0.2) is 10.2 Å². The molecule has 0 aliphatic heterocycles. The Balaban J connectivity index is 2.47. The summed E-state index contributed by atoms with van der Waals surface area (Å²) < 4.78 is 5.04. The zero-order chi connectivity index (χ0) is 12.2. The lowest BCUT2D eigenvalue weighted by Crippen LogP contribution is -2.35. The summed E-state index contributed by atoms with van der Waals surface area (Å²) in [5.74, 6) is 0. The lowest BCUT2D eigenvalue weighted by molar-refractivity contribution is 0.0541. The van der Waals surface area contributed by atoms with Crippen LogP contribution in [0.25, 0.3) is 0 Å². The molecule has 0 unspecified atom stereocenters. The highest BCUT2D eigenvalue weighted by Crippen LogP contribution is 2.19. The number of nitrogens with one attached hydrogen (secondary N) is 2. The maximum absolute atomic E-state index is 11.3. The number of halogens is 1. The number of ether oxygens (including phenoxy) is 1. The fraction of sp³-hybridized carbons (Fsp3) is 0.364. The number of anilines is 1. The van der Waals surface area contributed by atoms with Gasteiger partial charge >= 0.3 is 6.09 Å². The highest BCUT2D eigenvalue weighted by atomic mass is 35.5. The minimum absolute atomic E-state index is 0.522. The van der Waals surface area contributed by atoms with Crippen LogP contribution in [0.15, 0.2) is 24.3 Å². The predicted octanol–water partition coefficient (Wildman–Crippen LogP) is 3.19. The summed E-state index contributed by atoms with van der Waals surface area (Å²) in [5, 5.41) is 0.526. The molecule has 5 heteroatoms. The topological polar surface area (TPSA) is 50.4 Å². The first-order chi connectivity index (χ1) is 7.38. The third-order valence-corrected chi connectivity index (χ3v) is 1.90. The van der Waals surface area contributed by atoms with Gasteiger partial charge < -0.3 is 4.74 Å². The van der Waals surface area contributed by atoms with E-state index in [2.05, 4.69) is 10.9 Å². The molecule has 0 aliphatic rings. The molecule has 2 N–H and O–H groups in total. The van der Waals surface area contributed by atoms with Crippen LogP contribution in [0.2, 0.25) is 5.02 Å². The standard InChI is InChI=1S/C11H15ClN2O2/c1-11(2,3)16-10(15)14-13-9-7-5-4-6-8(9)12/h4-7,13H,1-3H3,(H,14,15). The monoisotopic (exact) mass is 242 g/mol. The molecule has 16 heavy (non-hydrogen) atoms. The Morgan fingerprint density at radius 3 is 2.50 bits per heavy atom. The average Bonchev–Trinajstić information content (AvgIpc) is 2.14. The lowest BCUT2D eigenvalue weighted by atomic mass is 10.2.